The van der Waals surface area contributed by atoms with E-state index in [-0.39, 0.29) is 5.97 Å². The Morgan fingerprint density at radius 1 is 1.50 bits per heavy atom. The zero-order valence-corrected chi connectivity index (χ0v) is 9.32. The van der Waals surface area contributed by atoms with Crippen molar-refractivity contribution in [1.82, 2.24) is 0 Å². The minimum atomic E-state index is -0.336. The third-order valence-corrected chi connectivity index (χ3v) is 2.94. The van der Waals surface area contributed by atoms with Gasteiger partial charge in [-0.2, -0.15) is 0 Å². The fourth-order valence-electron chi connectivity index (χ4n) is 1.70. The van der Waals surface area contributed by atoms with Crippen LogP contribution < -0.4 is 11.1 Å². The Labute approximate surface area is 94.8 Å². The highest BCUT2D eigenvalue weighted by molar-refractivity contribution is 5.92. The third kappa shape index (κ3) is 2.10. The number of carbonyl (C=O) groups excluding carboxylic acids is 1. The summed E-state index contributed by atoms with van der Waals surface area (Å²) in [5.41, 5.74) is 7.86. The van der Waals surface area contributed by atoms with E-state index in [0.717, 1.165) is 5.69 Å². The molecule has 0 unspecified atom stereocenters. The molecule has 0 heterocycles. The first kappa shape index (κ1) is 10.8. The van der Waals surface area contributed by atoms with Gasteiger partial charge in [0.25, 0.3) is 0 Å². The molecule has 1 aromatic rings. The van der Waals surface area contributed by atoms with Crippen LogP contribution in [0.25, 0.3) is 0 Å². The molecule has 0 saturated heterocycles. The van der Waals surface area contributed by atoms with Crippen LogP contribution in [0.4, 0.5) is 11.4 Å². The van der Waals surface area contributed by atoms with E-state index in [2.05, 4.69) is 10.1 Å². The van der Waals surface area contributed by atoms with Crippen LogP contribution >= 0.6 is 0 Å². The lowest BCUT2D eigenvalue weighted by Gasteiger charge is -2.28. The predicted molar refractivity (Wildman–Crippen MR) is 63.5 cm³/mol. The number of carbonyl (C=O) groups is 1. The number of nitrogen functional groups attached to an aromatic ring is 1. The molecule has 16 heavy (non-hydrogen) atoms. The lowest BCUT2D eigenvalue weighted by atomic mass is 9.93. The lowest BCUT2D eigenvalue weighted by Crippen LogP contribution is -2.27. The largest absolute Gasteiger partial charge is 0.465 e. The van der Waals surface area contributed by atoms with Gasteiger partial charge in [-0.05, 0) is 37.5 Å². The molecule has 1 saturated carbocycles. The molecule has 0 aromatic heterocycles. The van der Waals surface area contributed by atoms with Crippen molar-refractivity contribution in [3.63, 3.8) is 0 Å². The molecule has 0 atom stereocenters. The van der Waals surface area contributed by atoms with Crippen LogP contribution in [0.15, 0.2) is 18.2 Å². The van der Waals surface area contributed by atoms with Gasteiger partial charge in [-0.15, -0.1) is 0 Å². The van der Waals surface area contributed by atoms with Crippen LogP contribution in [-0.4, -0.2) is 19.1 Å². The number of hydrogen-bond donors (Lipinski definition) is 2. The molecule has 1 fully saturated rings. The van der Waals surface area contributed by atoms with E-state index in [1.807, 2.05) is 0 Å². The van der Waals surface area contributed by atoms with Crippen molar-refractivity contribution >= 4 is 17.3 Å². The SMILES string of the molecule is COC(=O)c1ccc(N)c(NC2CCC2)c1. The van der Waals surface area contributed by atoms with Crippen molar-refractivity contribution in [2.24, 2.45) is 0 Å². The molecular weight excluding hydrogens is 204 g/mol. The summed E-state index contributed by atoms with van der Waals surface area (Å²) in [6, 6.07) is 5.65. The van der Waals surface area contributed by atoms with Crippen molar-refractivity contribution in [1.29, 1.82) is 0 Å². The molecule has 0 spiro atoms. The van der Waals surface area contributed by atoms with Crippen molar-refractivity contribution in [3.05, 3.63) is 23.8 Å². The molecule has 4 heteroatoms. The second-order valence-corrected chi connectivity index (χ2v) is 4.07. The monoisotopic (exact) mass is 220 g/mol. The van der Waals surface area contributed by atoms with Gasteiger partial charge in [-0.3, -0.25) is 0 Å². The fraction of sp³-hybridized carbons (Fsp3) is 0.417. The molecule has 1 aromatic carbocycles. The van der Waals surface area contributed by atoms with E-state index >= 15 is 0 Å². The quantitative estimate of drug-likeness (QED) is 0.604. The first-order chi connectivity index (χ1) is 7.70. The minimum Gasteiger partial charge on any atom is -0.465 e. The summed E-state index contributed by atoms with van der Waals surface area (Å²) in [4.78, 5) is 11.4. The maximum Gasteiger partial charge on any atom is 0.337 e. The molecule has 1 aliphatic carbocycles. The molecule has 0 bridgehead atoms. The average Bonchev–Trinajstić information content (AvgIpc) is 2.24. The van der Waals surface area contributed by atoms with Gasteiger partial charge in [0.15, 0.2) is 0 Å². The molecule has 86 valence electrons. The van der Waals surface area contributed by atoms with Gasteiger partial charge in [0, 0.05) is 6.04 Å². The van der Waals surface area contributed by atoms with E-state index in [1.54, 1.807) is 18.2 Å². The van der Waals surface area contributed by atoms with Gasteiger partial charge in [-0.1, -0.05) is 0 Å². The van der Waals surface area contributed by atoms with Gasteiger partial charge >= 0.3 is 5.97 Å². The Balaban J connectivity index is 2.17. The maximum atomic E-state index is 11.4. The number of anilines is 2. The Morgan fingerprint density at radius 2 is 2.25 bits per heavy atom. The molecule has 1 aliphatic rings. The molecule has 0 radical (unpaired) electrons. The molecular formula is C12H16N2O2. The van der Waals surface area contributed by atoms with Crippen LogP contribution in [0, 0.1) is 0 Å². The van der Waals surface area contributed by atoms with Gasteiger partial charge in [0.1, 0.15) is 0 Å². The smallest absolute Gasteiger partial charge is 0.337 e. The summed E-state index contributed by atoms with van der Waals surface area (Å²) in [7, 11) is 1.37. The van der Waals surface area contributed by atoms with Crippen LogP contribution in [0.3, 0.4) is 0 Å². The molecule has 0 aliphatic heterocycles. The summed E-state index contributed by atoms with van der Waals surface area (Å²) in [6.45, 7) is 0. The first-order valence-electron chi connectivity index (χ1n) is 5.45. The summed E-state index contributed by atoms with van der Waals surface area (Å²) in [5.74, 6) is -0.336. The minimum absolute atomic E-state index is 0.336. The summed E-state index contributed by atoms with van der Waals surface area (Å²) in [5, 5.41) is 3.33. The van der Waals surface area contributed by atoms with Gasteiger partial charge in [0.2, 0.25) is 0 Å². The summed E-state index contributed by atoms with van der Waals surface area (Å²) >= 11 is 0. The predicted octanol–water partition coefficient (Wildman–Crippen LogP) is 2.02. The average molecular weight is 220 g/mol. The second-order valence-electron chi connectivity index (χ2n) is 4.07. The van der Waals surface area contributed by atoms with Crippen molar-refractivity contribution in [2.45, 2.75) is 25.3 Å². The molecule has 4 nitrogen and oxygen atoms in total. The maximum absolute atomic E-state index is 11.4. The van der Waals surface area contributed by atoms with Crippen LogP contribution in [0.5, 0.6) is 0 Å². The normalized spacial score (nSPS) is 15.3. The zero-order chi connectivity index (χ0) is 11.5. The number of benzene rings is 1. The van der Waals surface area contributed by atoms with Crippen LogP contribution in [0.2, 0.25) is 0 Å². The van der Waals surface area contributed by atoms with Crippen LogP contribution in [-0.2, 0) is 4.74 Å². The molecule has 0 amide bonds. The first-order valence-corrected chi connectivity index (χ1v) is 5.45. The van der Waals surface area contributed by atoms with Gasteiger partial charge < -0.3 is 15.8 Å². The fourth-order valence-corrected chi connectivity index (χ4v) is 1.70. The Kier molecular flexibility index (Phi) is 2.99. The Hall–Kier alpha value is -1.71. The van der Waals surface area contributed by atoms with Gasteiger partial charge in [-0.25, -0.2) is 4.79 Å². The number of nitrogens with two attached hydrogens (primary N) is 1. The van der Waals surface area contributed by atoms with Crippen molar-refractivity contribution in [3.8, 4) is 0 Å². The van der Waals surface area contributed by atoms with Crippen molar-refractivity contribution < 1.29 is 9.53 Å². The lowest BCUT2D eigenvalue weighted by molar-refractivity contribution is 0.0601. The topological polar surface area (TPSA) is 64.3 Å². The summed E-state index contributed by atoms with van der Waals surface area (Å²) < 4.78 is 4.67. The van der Waals surface area contributed by atoms with Crippen LogP contribution in [0.1, 0.15) is 29.6 Å². The highest BCUT2D eigenvalue weighted by Gasteiger charge is 2.18. The number of methoxy groups -OCH3 is 1. The van der Waals surface area contributed by atoms with E-state index in [0.29, 0.717) is 17.3 Å². The number of hydrogen-bond acceptors (Lipinski definition) is 4. The standard InChI is InChI=1S/C12H16N2O2/c1-16-12(15)8-5-6-10(13)11(7-8)14-9-3-2-4-9/h5-7,9,14H,2-4,13H2,1H3. The number of ether oxygens (including phenoxy) is 1. The molecule has 2 rings (SSSR count). The Morgan fingerprint density at radius 3 is 2.81 bits per heavy atom. The van der Waals surface area contributed by atoms with E-state index in [1.165, 1.54) is 26.4 Å². The highest BCUT2D eigenvalue weighted by atomic mass is 16.5. The molecule has 3 N–H and O–H groups in total. The third-order valence-electron chi connectivity index (χ3n) is 2.94. The Bertz CT molecular complexity index is 400. The van der Waals surface area contributed by atoms with E-state index in [9.17, 15) is 4.79 Å². The highest BCUT2D eigenvalue weighted by Crippen LogP contribution is 2.27. The van der Waals surface area contributed by atoms with E-state index < -0.39 is 0 Å². The van der Waals surface area contributed by atoms with Crippen molar-refractivity contribution in [2.75, 3.05) is 18.2 Å². The summed E-state index contributed by atoms with van der Waals surface area (Å²) in [6.07, 6.45) is 3.60. The number of rotatable bonds is 3. The van der Waals surface area contributed by atoms with Gasteiger partial charge in [0.05, 0.1) is 24.0 Å². The number of esters is 1. The number of nitrogens with one attached hydrogen (secondary N) is 1. The second kappa shape index (κ2) is 4.43. The zero-order valence-electron chi connectivity index (χ0n) is 9.32. The van der Waals surface area contributed by atoms with E-state index in [4.69, 9.17) is 5.73 Å².